The summed E-state index contributed by atoms with van der Waals surface area (Å²) in [6, 6.07) is 10.1. The van der Waals surface area contributed by atoms with Gasteiger partial charge in [0.2, 0.25) is 5.91 Å². The van der Waals surface area contributed by atoms with Crippen molar-refractivity contribution in [2.45, 2.75) is 13.8 Å². The Morgan fingerprint density at radius 3 is 2.27 bits per heavy atom. The standard InChI is InChI=1S/C18H20ClN3O3S/c1-3-24-15-10-16(25-4-2)14(9-13(15)19)22-18(26)21-12-7-5-11(6-8-12)17(20)23/h5-10H,3-4H2,1-2H3,(H2,20,23)(H2,21,22,26). The molecule has 26 heavy (non-hydrogen) atoms. The second kappa shape index (κ2) is 9.26. The summed E-state index contributed by atoms with van der Waals surface area (Å²) in [6.45, 7) is 4.75. The smallest absolute Gasteiger partial charge is 0.248 e. The van der Waals surface area contributed by atoms with E-state index in [0.29, 0.717) is 51.8 Å². The molecule has 2 aromatic carbocycles. The molecule has 0 unspecified atom stereocenters. The predicted molar refractivity (Wildman–Crippen MR) is 109 cm³/mol. The van der Waals surface area contributed by atoms with Gasteiger partial charge in [-0.2, -0.15) is 0 Å². The first-order valence-electron chi connectivity index (χ1n) is 8.01. The van der Waals surface area contributed by atoms with E-state index >= 15 is 0 Å². The highest BCUT2D eigenvalue weighted by atomic mass is 35.5. The van der Waals surface area contributed by atoms with E-state index in [1.807, 2.05) is 13.8 Å². The van der Waals surface area contributed by atoms with Gasteiger partial charge >= 0.3 is 0 Å². The van der Waals surface area contributed by atoms with Crippen LogP contribution in [0.4, 0.5) is 11.4 Å². The van der Waals surface area contributed by atoms with E-state index in [-0.39, 0.29) is 0 Å². The van der Waals surface area contributed by atoms with Gasteiger partial charge in [-0.05, 0) is 56.4 Å². The molecule has 0 aliphatic rings. The molecule has 0 aliphatic carbocycles. The van der Waals surface area contributed by atoms with Crippen molar-refractivity contribution in [3.8, 4) is 11.5 Å². The molecule has 0 atom stereocenters. The highest BCUT2D eigenvalue weighted by Gasteiger charge is 2.12. The molecule has 4 N–H and O–H groups in total. The summed E-state index contributed by atoms with van der Waals surface area (Å²) >= 11 is 11.6. The van der Waals surface area contributed by atoms with E-state index in [0.717, 1.165) is 0 Å². The summed E-state index contributed by atoms with van der Waals surface area (Å²) < 4.78 is 11.1. The van der Waals surface area contributed by atoms with Crippen LogP contribution in [0.25, 0.3) is 0 Å². The van der Waals surface area contributed by atoms with E-state index in [9.17, 15) is 4.79 Å². The molecule has 138 valence electrons. The zero-order valence-corrected chi connectivity index (χ0v) is 16.0. The summed E-state index contributed by atoms with van der Waals surface area (Å²) in [6.07, 6.45) is 0. The van der Waals surface area contributed by atoms with Crippen LogP contribution in [0.5, 0.6) is 11.5 Å². The average Bonchev–Trinajstić information content (AvgIpc) is 2.59. The third-order valence-electron chi connectivity index (χ3n) is 3.31. The van der Waals surface area contributed by atoms with Crippen LogP contribution in [0, 0.1) is 0 Å². The second-order valence-electron chi connectivity index (χ2n) is 5.17. The molecule has 0 fully saturated rings. The molecule has 0 radical (unpaired) electrons. The summed E-state index contributed by atoms with van der Waals surface area (Å²) in [5.74, 6) is 0.639. The van der Waals surface area contributed by atoms with Gasteiger partial charge in [0.25, 0.3) is 0 Å². The number of rotatable bonds is 7. The number of benzene rings is 2. The molecule has 0 aliphatic heterocycles. The van der Waals surface area contributed by atoms with Gasteiger partial charge in [0.05, 0.1) is 23.9 Å². The van der Waals surface area contributed by atoms with Gasteiger partial charge in [0, 0.05) is 17.3 Å². The van der Waals surface area contributed by atoms with Gasteiger partial charge in [-0.25, -0.2) is 0 Å². The molecule has 0 bridgehead atoms. The molecule has 2 rings (SSSR count). The Morgan fingerprint density at radius 1 is 1.08 bits per heavy atom. The van der Waals surface area contributed by atoms with Crippen LogP contribution in [0.15, 0.2) is 36.4 Å². The molecular formula is C18H20ClN3O3S. The first kappa shape index (κ1) is 19.8. The van der Waals surface area contributed by atoms with Gasteiger partial charge < -0.3 is 25.8 Å². The number of amides is 1. The van der Waals surface area contributed by atoms with E-state index in [4.69, 9.17) is 39.0 Å². The number of hydrogen-bond donors (Lipinski definition) is 3. The molecule has 0 spiro atoms. The van der Waals surface area contributed by atoms with Crippen LogP contribution >= 0.6 is 23.8 Å². The van der Waals surface area contributed by atoms with Crippen LogP contribution in [-0.2, 0) is 0 Å². The van der Waals surface area contributed by atoms with E-state index < -0.39 is 5.91 Å². The van der Waals surface area contributed by atoms with Crippen molar-refractivity contribution in [2.24, 2.45) is 5.73 Å². The van der Waals surface area contributed by atoms with Crippen LogP contribution in [0.1, 0.15) is 24.2 Å². The molecule has 0 saturated carbocycles. The normalized spacial score (nSPS) is 10.1. The third kappa shape index (κ3) is 5.24. The maximum atomic E-state index is 11.1. The zero-order chi connectivity index (χ0) is 19.1. The van der Waals surface area contributed by atoms with Crippen molar-refractivity contribution in [2.75, 3.05) is 23.8 Å². The number of thiocarbonyl (C=S) groups is 1. The fraction of sp³-hybridized carbons (Fsp3) is 0.222. The number of halogens is 1. The topological polar surface area (TPSA) is 85.6 Å². The summed E-state index contributed by atoms with van der Waals surface area (Å²) in [5.41, 5.74) is 6.98. The monoisotopic (exact) mass is 393 g/mol. The Bertz CT molecular complexity index is 797. The minimum Gasteiger partial charge on any atom is -0.492 e. The lowest BCUT2D eigenvalue weighted by atomic mass is 10.2. The maximum Gasteiger partial charge on any atom is 0.248 e. The van der Waals surface area contributed by atoms with Crippen molar-refractivity contribution in [1.29, 1.82) is 0 Å². The maximum absolute atomic E-state index is 11.1. The van der Waals surface area contributed by atoms with Crippen LogP contribution in [-0.4, -0.2) is 24.2 Å². The van der Waals surface area contributed by atoms with Crippen LogP contribution < -0.4 is 25.8 Å². The van der Waals surface area contributed by atoms with Gasteiger partial charge in [0.15, 0.2) is 5.11 Å². The Morgan fingerprint density at radius 2 is 1.69 bits per heavy atom. The Balaban J connectivity index is 2.14. The zero-order valence-electron chi connectivity index (χ0n) is 14.5. The number of ether oxygens (including phenoxy) is 2. The number of hydrogen-bond acceptors (Lipinski definition) is 4. The lowest BCUT2D eigenvalue weighted by molar-refractivity contribution is 0.100. The van der Waals surface area contributed by atoms with Gasteiger partial charge in [-0.1, -0.05) is 11.6 Å². The number of nitrogens with two attached hydrogens (primary N) is 1. The fourth-order valence-electron chi connectivity index (χ4n) is 2.18. The van der Waals surface area contributed by atoms with Crippen LogP contribution in [0.3, 0.4) is 0 Å². The fourth-order valence-corrected chi connectivity index (χ4v) is 2.62. The summed E-state index contributed by atoms with van der Waals surface area (Å²) in [4.78, 5) is 11.1. The lowest BCUT2D eigenvalue weighted by Gasteiger charge is -2.16. The Kier molecular flexibility index (Phi) is 7.06. The molecule has 0 aromatic heterocycles. The number of carbonyl (C=O) groups is 1. The predicted octanol–water partition coefficient (Wildman–Crippen LogP) is 4.05. The van der Waals surface area contributed by atoms with Gasteiger partial charge in [-0.3, -0.25) is 4.79 Å². The highest BCUT2D eigenvalue weighted by molar-refractivity contribution is 7.80. The third-order valence-corrected chi connectivity index (χ3v) is 3.81. The summed E-state index contributed by atoms with van der Waals surface area (Å²) in [5, 5.41) is 6.87. The lowest BCUT2D eigenvalue weighted by Crippen LogP contribution is -2.20. The van der Waals surface area contributed by atoms with Crippen molar-refractivity contribution < 1.29 is 14.3 Å². The number of carbonyl (C=O) groups excluding carboxylic acids is 1. The quantitative estimate of drug-likeness (QED) is 0.615. The number of anilines is 2. The van der Waals surface area contributed by atoms with E-state index in [1.165, 1.54) is 0 Å². The minimum atomic E-state index is -0.484. The SMILES string of the molecule is CCOc1cc(OCC)c(NC(=S)Nc2ccc(C(N)=O)cc2)cc1Cl. The molecular weight excluding hydrogens is 374 g/mol. The molecule has 1 amide bonds. The number of nitrogens with one attached hydrogen (secondary N) is 2. The second-order valence-corrected chi connectivity index (χ2v) is 5.98. The molecule has 6 nitrogen and oxygen atoms in total. The number of primary amides is 1. The molecule has 0 saturated heterocycles. The van der Waals surface area contributed by atoms with Crippen molar-refractivity contribution >= 4 is 46.2 Å². The largest absolute Gasteiger partial charge is 0.492 e. The van der Waals surface area contributed by atoms with Gasteiger partial charge in [-0.15, -0.1) is 0 Å². The Hall–Kier alpha value is -2.51. The van der Waals surface area contributed by atoms with E-state index in [2.05, 4.69) is 10.6 Å². The average molecular weight is 394 g/mol. The van der Waals surface area contributed by atoms with Crippen LogP contribution in [0.2, 0.25) is 5.02 Å². The highest BCUT2D eigenvalue weighted by Crippen LogP contribution is 2.36. The summed E-state index contributed by atoms with van der Waals surface area (Å²) in [7, 11) is 0. The first-order chi connectivity index (χ1) is 12.4. The van der Waals surface area contributed by atoms with Crippen molar-refractivity contribution in [3.63, 3.8) is 0 Å². The van der Waals surface area contributed by atoms with Gasteiger partial charge in [0.1, 0.15) is 11.5 Å². The van der Waals surface area contributed by atoms with Crippen molar-refractivity contribution in [1.82, 2.24) is 0 Å². The van der Waals surface area contributed by atoms with E-state index in [1.54, 1.807) is 36.4 Å². The Labute approximate surface area is 162 Å². The first-order valence-corrected chi connectivity index (χ1v) is 8.80. The minimum absolute atomic E-state index is 0.345. The molecule has 8 heteroatoms. The molecule has 2 aromatic rings. The van der Waals surface area contributed by atoms with Crippen molar-refractivity contribution in [3.05, 3.63) is 47.0 Å². The molecule has 0 heterocycles.